The van der Waals surface area contributed by atoms with E-state index in [1.165, 1.54) is 30.2 Å². The molecule has 1 amide bonds. The third-order valence-electron chi connectivity index (χ3n) is 8.26. The lowest BCUT2D eigenvalue weighted by atomic mass is 9.73. The minimum Gasteiger partial charge on any atom is -0.349 e. The predicted octanol–water partition coefficient (Wildman–Crippen LogP) is 6.27. The number of fused-ring (bicyclic) bond motifs is 1. The van der Waals surface area contributed by atoms with E-state index in [1.807, 2.05) is 14.1 Å². The van der Waals surface area contributed by atoms with E-state index in [9.17, 15) is 13.2 Å². The van der Waals surface area contributed by atoms with Gasteiger partial charge in [-0.1, -0.05) is 48.9 Å². The number of benzene rings is 2. The molecule has 2 aliphatic rings. The fraction of sp³-hybridized carbons (Fsp3) is 0.419. The van der Waals surface area contributed by atoms with Crippen LogP contribution in [-0.4, -0.2) is 49.5 Å². The van der Waals surface area contributed by atoms with Gasteiger partial charge >= 0.3 is 0 Å². The van der Waals surface area contributed by atoms with Gasteiger partial charge in [0.2, 0.25) is 5.91 Å². The summed E-state index contributed by atoms with van der Waals surface area (Å²) >= 11 is 0. The van der Waals surface area contributed by atoms with Gasteiger partial charge in [-0.15, -0.1) is 0 Å². The van der Waals surface area contributed by atoms with Crippen molar-refractivity contribution >= 4 is 32.4 Å². The molecule has 0 radical (unpaired) electrons. The van der Waals surface area contributed by atoms with Gasteiger partial charge in [-0.2, -0.15) is 0 Å². The number of carbonyl (C=O) groups is 1. The zero-order valence-electron chi connectivity index (χ0n) is 22.7. The average molecular weight is 532 g/mol. The number of nitrogens with zero attached hydrogens (tertiary/aromatic N) is 2. The fourth-order valence-corrected chi connectivity index (χ4v) is 6.57. The molecular formula is C31H37N3O3S. The molecule has 1 saturated carbocycles. The lowest BCUT2D eigenvalue weighted by Gasteiger charge is -2.33. The molecule has 0 bridgehead atoms. The van der Waals surface area contributed by atoms with Gasteiger partial charge < -0.3 is 9.88 Å². The molecule has 7 heteroatoms. The molecule has 1 fully saturated rings. The summed E-state index contributed by atoms with van der Waals surface area (Å²) in [6.07, 6.45) is 12.3. The summed E-state index contributed by atoms with van der Waals surface area (Å²) in [5, 5.41) is 0. The Morgan fingerprint density at radius 2 is 1.68 bits per heavy atom. The maximum absolute atomic E-state index is 12.1. The van der Waals surface area contributed by atoms with Gasteiger partial charge in [0.15, 0.2) is 9.84 Å². The molecule has 1 atom stereocenters. The Bertz CT molecular complexity index is 1510. The summed E-state index contributed by atoms with van der Waals surface area (Å²) in [5.74, 6) is 2.60. The maximum atomic E-state index is 12.1. The van der Waals surface area contributed by atoms with Crippen molar-refractivity contribution in [3.63, 3.8) is 0 Å². The highest BCUT2D eigenvalue weighted by molar-refractivity contribution is 7.90. The summed E-state index contributed by atoms with van der Waals surface area (Å²) in [5.41, 5.74) is 6.57. The van der Waals surface area contributed by atoms with Crippen LogP contribution in [0.1, 0.15) is 51.0 Å². The maximum Gasteiger partial charge on any atom is 0.222 e. The molecule has 6 nitrogen and oxygen atoms in total. The Kier molecular flexibility index (Phi) is 7.32. The Morgan fingerprint density at radius 3 is 2.32 bits per heavy atom. The van der Waals surface area contributed by atoms with Crippen LogP contribution in [0.3, 0.4) is 0 Å². The van der Waals surface area contributed by atoms with Crippen LogP contribution < -0.4 is 0 Å². The van der Waals surface area contributed by atoms with Crippen LogP contribution >= 0.6 is 0 Å². The van der Waals surface area contributed by atoms with Gasteiger partial charge in [0.05, 0.1) is 15.9 Å². The van der Waals surface area contributed by atoms with Gasteiger partial charge in [0.25, 0.3) is 0 Å². The second-order valence-corrected chi connectivity index (χ2v) is 13.3. The van der Waals surface area contributed by atoms with Gasteiger partial charge in [0, 0.05) is 32.3 Å². The summed E-state index contributed by atoms with van der Waals surface area (Å²) in [7, 11) is 0.421. The van der Waals surface area contributed by atoms with Crippen molar-refractivity contribution in [3.8, 4) is 11.4 Å². The van der Waals surface area contributed by atoms with Crippen molar-refractivity contribution < 1.29 is 13.2 Å². The summed E-state index contributed by atoms with van der Waals surface area (Å²) in [6.45, 7) is 2.31. The van der Waals surface area contributed by atoms with Gasteiger partial charge in [-0.3, -0.25) is 4.79 Å². The van der Waals surface area contributed by atoms with Crippen molar-refractivity contribution in [1.82, 2.24) is 14.9 Å². The largest absolute Gasteiger partial charge is 0.349 e. The van der Waals surface area contributed by atoms with Crippen LogP contribution in [-0.2, 0) is 14.6 Å². The molecule has 0 saturated heterocycles. The zero-order chi connectivity index (χ0) is 27.0. The molecule has 1 unspecified atom stereocenters. The zero-order valence-corrected chi connectivity index (χ0v) is 23.5. The molecule has 2 aromatic carbocycles. The van der Waals surface area contributed by atoms with Crippen molar-refractivity contribution in [2.24, 2.45) is 17.8 Å². The van der Waals surface area contributed by atoms with E-state index in [2.05, 4.69) is 53.3 Å². The van der Waals surface area contributed by atoms with Crippen molar-refractivity contribution in [3.05, 3.63) is 65.8 Å². The lowest BCUT2D eigenvalue weighted by molar-refractivity contribution is -0.129. The molecule has 3 aromatic rings. The highest BCUT2D eigenvalue weighted by Crippen LogP contribution is 2.41. The molecule has 5 rings (SSSR count). The number of hydrogen-bond donors (Lipinski definition) is 1. The first-order chi connectivity index (χ1) is 18.1. The summed E-state index contributed by atoms with van der Waals surface area (Å²) in [4.78, 5) is 22.0. The predicted molar refractivity (Wildman–Crippen MR) is 153 cm³/mol. The first kappa shape index (κ1) is 26.4. The van der Waals surface area contributed by atoms with Crippen LogP contribution in [0.5, 0.6) is 0 Å². The first-order valence-corrected chi connectivity index (χ1v) is 15.4. The molecule has 2 aliphatic carbocycles. The highest BCUT2D eigenvalue weighted by Gasteiger charge is 2.28. The Balaban J connectivity index is 1.27. The average Bonchev–Trinajstić information content (AvgIpc) is 3.32. The molecule has 1 heterocycles. The Labute approximate surface area is 225 Å². The number of sulfone groups is 1. The minimum atomic E-state index is -3.27. The number of aromatic nitrogens is 2. The van der Waals surface area contributed by atoms with Gasteiger partial charge in [-0.25, -0.2) is 13.4 Å². The monoisotopic (exact) mass is 531 g/mol. The van der Waals surface area contributed by atoms with Crippen LogP contribution in [0, 0.1) is 17.8 Å². The van der Waals surface area contributed by atoms with Crippen molar-refractivity contribution in [1.29, 1.82) is 0 Å². The SMILES string of the molecule is CC1CC(C2CCC(CC(=O)N(C)C)CC2)=CC=C1c1ccc(-c2nc3ccc(S(C)(=O)=O)cc3[nH]2)cc1. The number of amides is 1. The number of rotatable bonds is 6. The molecule has 0 aliphatic heterocycles. The Morgan fingerprint density at radius 1 is 1.00 bits per heavy atom. The third kappa shape index (κ3) is 5.63. The van der Waals surface area contributed by atoms with Crippen LogP contribution in [0.4, 0.5) is 0 Å². The second-order valence-electron chi connectivity index (χ2n) is 11.3. The minimum absolute atomic E-state index is 0.249. The van der Waals surface area contributed by atoms with Gasteiger partial charge in [0.1, 0.15) is 5.82 Å². The molecular weight excluding hydrogens is 494 g/mol. The van der Waals surface area contributed by atoms with E-state index >= 15 is 0 Å². The van der Waals surface area contributed by atoms with Gasteiger partial charge in [-0.05, 0) is 79.2 Å². The number of allylic oxidation sites excluding steroid dienone is 4. The number of aromatic amines is 1. The van der Waals surface area contributed by atoms with E-state index in [4.69, 9.17) is 0 Å². The van der Waals surface area contributed by atoms with Crippen LogP contribution in [0.2, 0.25) is 0 Å². The number of imidazole rings is 1. The van der Waals surface area contributed by atoms with Crippen LogP contribution in [0.15, 0.2) is 65.1 Å². The number of hydrogen-bond acceptors (Lipinski definition) is 4. The number of H-pyrrole nitrogens is 1. The first-order valence-electron chi connectivity index (χ1n) is 13.5. The standard InChI is InChI=1S/C31H37N3O3S/c1-20-17-25(22-7-5-21(6-8-22)18-30(35)34(2)3)13-15-27(20)23-9-11-24(12-10-23)31-32-28-16-14-26(38(4,36)37)19-29(28)33-31/h9-16,19-22H,5-8,17-18H2,1-4H3,(H,32,33). The number of carbonyl (C=O) groups excluding carboxylic acids is 1. The van der Waals surface area contributed by atoms with E-state index in [0.29, 0.717) is 29.7 Å². The van der Waals surface area contributed by atoms with E-state index < -0.39 is 9.84 Å². The van der Waals surface area contributed by atoms with Crippen molar-refractivity contribution in [2.45, 2.75) is 50.3 Å². The van der Waals surface area contributed by atoms with E-state index in [1.54, 1.807) is 28.7 Å². The smallest absolute Gasteiger partial charge is 0.222 e. The normalized spacial score (nSPS) is 22.2. The topological polar surface area (TPSA) is 83.1 Å². The lowest BCUT2D eigenvalue weighted by Crippen LogP contribution is -2.26. The molecule has 38 heavy (non-hydrogen) atoms. The van der Waals surface area contributed by atoms with Crippen molar-refractivity contribution in [2.75, 3.05) is 20.4 Å². The van der Waals surface area contributed by atoms with Crippen LogP contribution in [0.25, 0.3) is 28.0 Å². The second kappa shape index (κ2) is 10.5. The Hall–Kier alpha value is -3.19. The summed E-state index contributed by atoms with van der Waals surface area (Å²) in [6, 6.07) is 13.4. The highest BCUT2D eigenvalue weighted by atomic mass is 32.2. The quantitative estimate of drug-likeness (QED) is 0.406. The number of nitrogens with one attached hydrogen (secondary N) is 1. The van der Waals surface area contributed by atoms with E-state index in [0.717, 1.165) is 36.2 Å². The third-order valence-corrected chi connectivity index (χ3v) is 9.37. The fourth-order valence-electron chi connectivity index (χ4n) is 5.92. The molecule has 200 valence electrons. The summed E-state index contributed by atoms with van der Waals surface area (Å²) < 4.78 is 23.8. The molecule has 0 spiro atoms. The molecule has 1 N–H and O–H groups in total. The molecule has 1 aromatic heterocycles. The van der Waals surface area contributed by atoms with E-state index in [-0.39, 0.29) is 10.8 Å².